The zero-order valence-corrected chi connectivity index (χ0v) is 10.2. The smallest absolute Gasteiger partial charge is 0.416 e. The second-order valence-electron chi connectivity index (χ2n) is 4.11. The van der Waals surface area contributed by atoms with E-state index >= 15 is 0 Å². The molecular weight excluding hydrogens is 253 g/mol. The van der Waals surface area contributed by atoms with Gasteiger partial charge in [-0.05, 0) is 23.8 Å². The van der Waals surface area contributed by atoms with Crippen LogP contribution in [0, 0.1) is 0 Å². The summed E-state index contributed by atoms with van der Waals surface area (Å²) in [6.45, 7) is 0.353. The topological polar surface area (TPSA) is 9.23 Å². The molecule has 0 aromatic heterocycles. The van der Waals surface area contributed by atoms with E-state index in [0.29, 0.717) is 18.6 Å². The molecule has 2 aromatic carbocycles. The quantitative estimate of drug-likeness (QED) is 0.800. The molecule has 0 radical (unpaired) electrons. The molecule has 19 heavy (non-hydrogen) atoms. The summed E-state index contributed by atoms with van der Waals surface area (Å²) in [5, 5.41) is 0. The lowest BCUT2D eigenvalue weighted by Gasteiger charge is -2.09. The minimum atomic E-state index is -4.30. The maximum absolute atomic E-state index is 12.5. The van der Waals surface area contributed by atoms with Crippen molar-refractivity contribution in [1.29, 1.82) is 0 Å². The van der Waals surface area contributed by atoms with Gasteiger partial charge in [0.25, 0.3) is 0 Å². The van der Waals surface area contributed by atoms with Crippen molar-refractivity contribution in [1.82, 2.24) is 0 Å². The molecular formula is C15H13F3O. The van der Waals surface area contributed by atoms with Crippen LogP contribution in [0.4, 0.5) is 13.2 Å². The van der Waals surface area contributed by atoms with Crippen LogP contribution in [0.25, 0.3) is 0 Å². The maximum Gasteiger partial charge on any atom is 0.416 e. The maximum atomic E-state index is 12.5. The van der Waals surface area contributed by atoms with Gasteiger partial charge in [0.2, 0.25) is 0 Å². The minimum absolute atomic E-state index is 0.353. The molecule has 0 heterocycles. The van der Waals surface area contributed by atoms with Gasteiger partial charge < -0.3 is 4.74 Å². The Balaban J connectivity index is 1.93. The third-order valence-corrected chi connectivity index (χ3v) is 2.66. The highest BCUT2D eigenvalue weighted by Crippen LogP contribution is 2.29. The lowest BCUT2D eigenvalue weighted by atomic mass is 10.1. The summed E-state index contributed by atoms with van der Waals surface area (Å²) < 4.78 is 43.0. The molecule has 0 atom stereocenters. The van der Waals surface area contributed by atoms with Crippen LogP contribution in [0.1, 0.15) is 11.1 Å². The molecule has 2 aromatic rings. The average Bonchev–Trinajstić information content (AvgIpc) is 2.39. The van der Waals surface area contributed by atoms with Gasteiger partial charge in [0, 0.05) is 6.42 Å². The van der Waals surface area contributed by atoms with Gasteiger partial charge in [-0.3, -0.25) is 0 Å². The minimum Gasteiger partial charge on any atom is -0.493 e. The summed E-state index contributed by atoms with van der Waals surface area (Å²) in [6.07, 6.45) is -3.85. The Morgan fingerprint density at radius 2 is 1.63 bits per heavy atom. The number of halogens is 3. The highest BCUT2D eigenvalue weighted by atomic mass is 19.4. The van der Waals surface area contributed by atoms with Crippen molar-refractivity contribution in [2.24, 2.45) is 0 Å². The number of benzene rings is 2. The van der Waals surface area contributed by atoms with E-state index in [1.54, 1.807) is 6.07 Å². The molecule has 0 spiro atoms. The van der Waals surface area contributed by atoms with Gasteiger partial charge in [0.1, 0.15) is 5.75 Å². The molecule has 0 fully saturated rings. The van der Waals surface area contributed by atoms with Crippen molar-refractivity contribution in [3.63, 3.8) is 0 Å². The summed E-state index contributed by atoms with van der Waals surface area (Å²) in [7, 11) is 0. The average molecular weight is 266 g/mol. The number of ether oxygens (including phenoxy) is 1. The normalized spacial score (nSPS) is 11.3. The van der Waals surface area contributed by atoms with Crippen molar-refractivity contribution in [3.05, 3.63) is 65.7 Å². The second-order valence-corrected chi connectivity index (χ2v) is 4.11. The van der Waals surface area contributed by atoms with Gasteiger partial charge >= 0.3 is 6.18 Å². The Kier molecular flexibility index (Phi) is 4.10. The fraction of sp³-hybridized carbons (Fsp3) is 0.200. The van der Waals surface area contributed by atoms with Gasteiger partial charge in [-0.15, -0.1) is 0 Å². The molecule has 100 valence electrons. The second kappa shape index (κ2) is 5.78. The molecule has 4 heteroatoms. The van der Waals surface area contributed by atoms with E-state index < -0.39 is 11.7 Å². The van der Waals surface area contributed by atoms with Crippen LogP contribution < -0.4 is 4.74 Å². The number of hydrogen-bond acceptors (Lipinski definition) is 1. The standard InChI is InChI=1S/C15H13F3O/c16-15(17,18)13-6-4-5-12(11-13)9-10-19-14-7-2-1-3-8-14/h1-8,11H,9-10H2. The Labute approximate surface area is 109 Å². The zero-order valence-electron chi connectivity index (χ0n) is 10.2. The van der Waals surface area contributed by atoms with Crippen molar-refractivity contribution in [2.75, 3.05) is 6.61 Å². The highest BCUT2D eigenvalue weighted by molar-refractivity contribution is 5.26. The molecule has 2 rings (SSSR count). The van der Waals surface area contributed by atoms with E-state index in [0.717, 1.165) is 17.9 Å². The van der Waals surface area contributed by atoms with Crippen LogP contribution in [0.5, 0.6) is 5.75 Å². The van der Waals surface area contributed by atoms with Crippen molar-refractivity contribution in [3.8, 4) is 5.75 Å². The summed E-state index contributed by atoms with van der Waals surface area (Å²) >= 11 is 0. The van der Waals surface area contributed by atoms with Crippen molar-refractivity contribution >= 4 is 0 Å². The van der Waals surface area contributed by atoms with E-state index in [2.05, 4.69) is 0 Å². The van der Waals surface area contributed by atoms with Gasteiger partial charge in [-0.25, -0.2) is 0 Å². The Hall–Kier alpha value is -1.97. The number of para-hydroxylation sites is 1. The summed E-state index contributed by atoms with van der Waals surface area (Å²) in [5.74, 6) is 0.717. The van der Waals surface area contributed by atoms with Gasteiger partial charge in [0.05, 0.1) is 12.2 Å². The van der Waals surface area contributed by atoms with E-state index in [1.165, 1.54) is 6.07 Å². The van der Waals surface area contributed by atoms with Crippen LogP contribution in [0.15, 0.2) is 54.6 Å². The molecule has 0 aliphatic carbocycles. The highest BCUT2D eigenvalue weighted by Gasteiger charge is 2.30. The van der Waals surface area contributed by atoms with Gasteiger partial charge in [-0.2, -0.15) is 13.2 Å². The molecule has 0 amide bonds. The first kappa shape index (κ1) is 13.5. The van der Waals surface area contributed by atoms with Crippen molar-refractivity contribution < 1.29 is 17.9 Å². The lowest BCUT2D eigenvalue weighted by molar-refractivity contribution is -0.137. The van der Waals surface area contributed by atoms with E-state index in [4.69, 9.17) is 4.74 Å². The molecule has 0 aliphatic rings. The van der Waals surface area contributed by atoms with Crippen LogP contribution in [0.3, 0.4) is 0 Å². The molecule has 0 N–H and O–H groups in total. The lowest BCUT2D eigenvalue weighted by Crippen LogP contribution is -2.07. The van der Waals surface area contributed by atoms with E-state index in [-0.39, 0.29) is 0 Å². The summed E-state index contributed by atoms with van der Waals surface area (Å²) in [5.41, 5.74) is -0.00420. The summed E-state index contributed by atoms with van der Waals surface area (Å²) in [6, 6.07) is 14.5. The summed E-state index contributed by atoms with van der Waals surface area (Å²) in [4.78, 5) is 0. The molecule has 1 nitrogen and oxygen atoms in total. The first-order valence-corrected chi connectivity index (χ1v) is 5.90. The van der Waals surface area contributed by atoms with Crippen LogP contribution in [-0.2, 0) is 12.6 Å². The van der Waals surface area contributed by atoms with Crippen molar-refractivity contribution in [2.45, 2.75) is 12.6 Å². The number of alkyl halides is 3. The SMILES string of the molecule is FC(F)(F)c1cccc(CCOc2ccccc2)c1. The van der Waals surface area contributed by atoms with Crippen LogP contribution in [0.2, 0.25) is 0 Å². The third kappa shape index (κ3) is 4.02. The predicted octanol–water partition coefficient (Wildman–Crippen LogP) is 4.33. The van der Waals surface area contributed by atoms with Gasteiger partial charge in [-0.1, -0.05) is 36.4 Å². The largest absolute Gasteiger partial charge is 0.493 e. The molecule has 0 saturated heterocycles. The van der Waals surface area contributed by atoms with Gasteiger partial charge in [0.15, 0.2) is 0 Å². The molecule has 0 saturated carbocycles. The van der Waals surface area contributed by atoms with E-state index in [9.17, 15) is 13.2 Å². The first-order chi connectivity index (χ1) is 9.05. The number of rotatable bonds is 4. The van der Waals surface area contributed by atoms with Crippen LogP contribution >= 0.6 is 0 Å². The Morgan fingerprint density at radius 3 is 2.32 bits per heavy atom. The number of hydrogen-bond donors (Lipinski definition) is 0. The predicted molar refractivity (Wildman–Crippen MR) is 67.1 cm³/mol. The molecule has 0 unspecified atom stereocenters. The fourth-order valence-electron chi connectivity index (χ4n) is 1.71. The third-order valence-electron chi connectivity index (χ3n) is 2.66. The Morgan fingerprint density at radius 1 is 0.895 bits per heavy atom. The fourth-order valence-corrected chi connectivity index (χ4v) is 1.71. The molecule has 0 aliphatic heterocycles. The molecule has 0 bridgehead atoms. The monoisotopic (exact) mass is 266 g/mol. The van der Waals surface area contributed by atoms with Crippen LogP contribution in [-0.4, -0.2) is 6.61 Å². The first-order valence-electron chi connectivity index (χ1n) is 5.90. The Bertz CT molecular complexity index is 520. The van der Waals surface area contributed by atoms with E-state index in [1.807, 2.05) is 30.3 Å². The zero-order chi connectivity index (χ0) is 13.7.